The first-order chi connectivity index (χ1) is 13.5. The summed E-state index contributed by atoms with van der Waals surface area (Å²) in [5.74, 6) is -0.164. The molecule has 28 heavy (non-hydrogen) atoms. The monoisotopic (exact) mass is 420 g/mol. The lowest BCUT2D eigenvalue weighted by molar-refractivity contribution is -0.132. The summed E-state index contributed by atoms with van der Waals surface area (Å²) in [6, 6.07) is 14.6. The predicted octanol–water partition coefficient (Wildman–Crippen LogP) is 3.63. The standard InChI is InChI=1S/C21H25ClN2O3S/c22-18-10-12-19(13-11-18)28(26,27)23-20(16-17-8-4-3-5-9-17)21(25)24-14-6-1-2-7-15-24/h3-5,8-13,20,23H,1-2,6-7,14-16H2/t20-/m0/s1. The topological polar surface area (TPSA) is 66.5 Å². The van der Waals surface area contributed by atoms with Crippen LogP contribution in [0.2, 0.25) is 5.02 Å². The summed E-state index contributed by atoms with van der Waals surface area (Å²) in [6.07, 6.45) is 4.41. The highest BCUT2D eigenvalue weighted by molar-refractivity contribution is 7.89. The minimum absolute atomic E-state index is 0.0960. The van der Waals surface area contributed by atoms with Crippen molar-refractivity contribution >= 4 is 27.5 Å². The Morgan fingerprint density at radius 1 is 0.964 bits per heavy atom. The summed E-state index contributed by atoms with van der Waals surface area (Å²) < 4.78 is 28.4. The zero-order valence-electron chi connectivity index (χ0n) is 15.7. The van der Waals surface area contributed by atoms with Gasteiger partial charge in [0.25, 0.3) is 0 Å². The first kappa shape index (κ1) is 20.8. The maximum Gasteiger partial charge on any atom is 0.241 e. The molecule has 1 heterocycles. The number of likely N-dealkylation sites (tertiary alicyclic amines) is 1. The van der Waals surface area contributed by atoms with E-state index in [0.717, 1.165) is 31.2 Å². The number of nitrogens with one attached hydrogen (secondary N) is 1. The van der Waals surface area contributed by atoms with Crippen molar-refractivity contribution in [1.82, 2.24) is 9.62 Å². The van der Waals surface area contributed by atoms with Crippen LogP contribution in [-0.2, 0) is 21.2 Å². The van der Waals surface area contributed by atoms with Gasteiger partial charge >= 0.3 is 0 Å². The van der Waals surface area contributed by atoms with Crippen molar-refractivity contribution in [2.75, 3.05) is 13.1 Å². The van der Waals surface area contributed by atoms with Crippen molar-refractivity contribution < 1.29 is 13.2 Å². The molecule has 1 saturated heterocycles. The van der Waals surface area contributed by atoms with E-state index in [1.54, 1.807) is 4.90 Å². The van der Waals surface area contributed by atoms with Gasteiger partial charge in [0.1, 0.15) is 6.04 Å². The van der Waals surface area contributed by atoms with Gasteiger partial charge in [-0.25, -0.2) is 8.42 Å². The Kier molecular flexibility index (Phi) is 7.10. The van der Waals surface area contributed by atoms with Gasteiger partial charge in [-0.2, -0.15) is 4.72 Å². The summed E-state index contributed by atoms with van der Waals surface area (Å²) in [5.41, 5.74) is 0.912. The van der Waals surface area contributed by atoms with Crippen molar-refractivity contribution in [3.63, 3.8) is 0 Å². The Balaban J connectivity index is 1.84. The molecule has 2 aromatic rings. The normalized spacial score (nSPS) is 16.4. The molecule has 3 rings (SSSR count). The zero-order valence-corrected chi connectivity index (χ0v) is 17.3. The average molecular weight is 421 g/mol. The van der Waals surface area contributed by atoms with Gasteiger partial charge in [0, 0.05) is 18.1 Å². The number of carbonyl (C=O) groups excluding carboxylic acids is 1. The van der Waals surface area contributed by atoms with Gasteiger partial charge in [-0.15, -0.1) is 0 Å². The van der Waals surface area contributed by atoms with Gasteiger partial charge in [0.05, 0.1) is 4.90 Å². The molecule has 1 N–H and O–H groups in total. The summed E-state index contributed by atoms with van der Waals surface area (Å²) in [5, 5.41) is 0.459. The van der Waals surface area contributed by atoms with Crippen LogP contribution in [0.25, 0.3) is 0 Å². The number of carbonyl (C=O) groups is 1. The molecule has 150 valence electrons. The van der Waals surface area contributed by atoms with Crippen LogP contribution in [-0.4, -0.2) is 38.4 Å². The van der Waals surface area contributed by atoms with Crippen LogP contribution in [0.3, 0.4) is 0 Å². The van der Waals surface area contributed by atoms with Gasteiger partial charge in [-0.05, 0) is 49.1 Å². The van der Waals surface area contributed by atoms with Crippen LogP contribution in [0, 0.1) is 0 Å². The minimum Gasteiger partial charge on any atom is -0.341 e. The third-order valence-corrected chi connectivity index (χ3v) is 6.66. The molecule has 0 radical (unpaired) electrons. The number of rotatable bonds is 6. The van der Waals surface area contributed by atoms with Crippen molar-refractivity contribution in [3.8, 4) is 0 Å². The Morgan fingerprint density at radius 2 is 1.57 bits per heavy atom. The van der Waals surface area contributed by atoms with Crippen LogP contribution >= 0.6 is 11.6 Å². The van der Waals surface area contributed by atoms with E-state index >= 15 is 0 Å². The predicted molar refractivity (Wildman–Crippen MR) is 111 cm³/mol. The molecule has 1 fully saturated rings. The first-order valence-electron chi connectivity index (χ1n) is 9.56. The highest BCUT2D eigenvalue weighted by Gasteiger charge is 2.29. The fraction of sp³-hybridized carbons (Fsp3) is 0.381. The van der Waals surface area contributed by atoms with Gasteiger partial charge in [-0.1, -0.05) is 54.8 Å². The van der Waals surface area contributed by atoms with Crippen molar-refractivity contribution in [1.29, 1.82) is 0 Å². The van der Waals surface area contributed by atoms with E-state index < -0.39 is 16.1 Å². The molecule has 0 unspecified atom stereocenters. The molecule has 5 nitrogen and oxygen atoms in total. The number of hydrogen-bond acceptors (Lipinski definition) is 3. The first-order valence-corrected chi connectivity index (χ1v) is 11.4. The van der Waals surface area contributed by atoms with Crippen molar-refractivity contribution in [2.24, 2.45) is 0 Å². The number of amides is 1. The van der Waals surface area contributed by atoms with E-state index in [4.69, 9.17) is 11.6 Å². The number of sulfonamides is 1. The Bertz CT molecular complexity index is 878. The Morgan fingerprint density at radius 3 is 2.18 bits per heavy atom. The van der Waals surface area contributed by atoms with E-state index in [1.807, 2.05) is 30.3 Å². The molecule has 2 aromatic carbocycles. The van der Waals surface area contributed by atoms with Crippen LogP contribution in [0.5, 0.6) is 0 Å². The number of nitrogens with zero attached hydrogens (tertiary/aromatic N) is 1. The molecule has 7 heteroatoms. The smallest absolute Gasteiger partial charge is 0.241 e. The molecule has 0 bridgehead atoms. The highest BCUT2D eigenvalue weighted by Crippen LogP contribution is 2.17. The van der Waals surface area contributed by atoms with E-state index in [2.05, 4.69) is 4.72 Å². The maximum atomic E-state index is 13.2. The molecule has 0 saturated carbocycles. The molecule has 0 aromatic heterocycles. The second kappa shape index (κ2) is 9.54. The van der Waals surface area contributed by atoms with Crippen molar-refractivity contribution in [3.05, 3.63) is 65.2 Å². The lowest BCUT2D eigenvalue weighted by Crippen LogP contribution is -2.49. The van der Waals surface area contributed by atoms with Gasteiger partial charge in [0.2, 0.25) is 15.9 Å². The molecule has 1 aliphatic rings. The number of hydrogen-bond donors (Lipinski definition) is 1. The summed E-state index contributed by atoms with van der Waals surface area (Å²) >= 11 is 5.87. The maximum absolute atomic E-state index is 13.2. The fourth-order valence-electron chi connectivity index (χ4n) is 3.41. The van der Waals surface area contributed by atoms with Gasteiger partial charge < -0.3 is 4.90 Å². The second-order valence-electron chi connectivity index (χ2n) is 7.06. The van der Waals surface area contributed by atoms with E-state index in [-0.39, 0.29) is 10.8 Å². The lowest BCUT2D eigenvalue weighted by atomic mass is 10.1. The third kappa shape index (κ3) is 5.56. The molecule has 1 aliphatic heterocycles. The SMILES string of the molecule is O=C([C@H](Cc1ccccc1)NS(=O)(=O)c1ccc(Cl)cc1)N1CCCCCC1. The largest absolute Gasteiger partial charge is 0.341 e. The van der Waals surface area contributed by atoms with Gasteiger partial charge in [0.15, 0.2) is 0 Å². The second-order valence-corrected chi connectivity index (χ2v) is 9.21. The van der Waals surface area contributed by atoms with E-state index in [9.17, 15) is 13.2 Å². The molecular weight excluding hydrogens is 396 g/mol. The van der Waals surface area contributed by atoms with Crippen molar-refractivity contribution in [2.45, 2.75) is 43.0 Å². The molecular formula is C21H25ClN2O3S. The van der Waals surface area contributed by atoms with E-state index in [1.165, 1.54) is 24.3 Å². The lowest BCUT2D eigenvalue weighted by Gasteiger charge is -2.27. The number of benzene rings is 2. The molecule has 1 atom stereocenters. The van der Waals surface area contributed by atoms with Crippen LogP contribution in [0.15, 0.2) is 59.5 Å². The zero-order chi connectivity index (χ0) is 20.0. The minimum atomic E-state index is -3.85. The quantitative estimate of drug-likeness (QED) is 0.775. The summed E-state index contributed by atoms with van der Waals surface area (Å²) in [7, 11) is -3.85. The molecule has 0 spiro atoms. The Hall–Kier alpha value is -1.89. The Labute approximate surface area is 171 Å². The summed E-state index contributed by atoms with van der Waals surface area (Å²) in [4.78, 5) is 15.1. The van der Waals surface area contributed by atoms with E-state index in [0.29, 0.717) is 24.5 Å². The molecule has 0 aliphatic carbocycles. The van der Waals surface area contributed by atoms with Crippen LogP contribution in [0.4, 0.5) is 0 Å². The average Bonchev–Trinajstić information content (AvgIpc) is 2.97. The van der Waals surface area contributed by atoms with Crippen LogP contribution < -0.4 is 4.72 Å². The fourth-order valence-corrected chi connectivity index (χ4v) is 4.72. The molecule has 1 amide bonds. The third-order valence-electron chi connectivity index (χ3n) is 4.92. The van der Waals surface area contributed by atoms with Gasteiger partial charge in [-0.3, -0.25) is 4.79 Å². The highest BCUT2D eigenvalue weighted by atomic mass is 35.5. The van der Waals surface area contributed by atoms with Crippen LogP contribution in [0.1, 0.15) is 31.2 Å². The number of halogens is 1. The summed E-state index contributed by atoms with van der Waals surface area (Å²) in [6.45, 7) is 1.35.